The Hall–Kier alpha value is -1.81. The van der Waals surface area contributed by atoms with Crippen LogP contribution < -0.4 is 10.6 Å². The van der Waals surface area contributed by atoms with Crippen LogP contribution in [0.25, 0.3) is 6.08 Å². The molecule has 20 heavy (non-hydrogen) atoms. The number of carbonyl (C=O) groups is 2. The largest absolute Gasteiger partial charge is 0.339 e. The van der Waals surface area contributed by atoms with E-state index in [1.165, 1.54) is 0 Å². The summed E-state index contributed by atoms with van der Waals surface area (Å²) >= 11 is 6.04. The first-order valence-corrected chi connectivity index (χ1v) is 6.98. The molecule has 2 N–H and O–H groups in total. The van der Waals surface area contributed by atoms with E-state index >= 15 is 0 Å². The number of amides is 2. The topological polar surface area (TPSA) is 58.2 Å². The molecule has 1 fully saturated rings. The maximum atomic E-state index is 12.0. The van der Waals surface area contributed by atoms with Gasteiger partial charge in [0.2, 0.25) is 5.91 Å². The van der Waals surface area contributed by atoms with Gasteiger partial charge < -0.3 is 10.6 Å². The number of hydrogen-bond acceptors (Lipinski definition) is 2. The van der Waals surface area contributed by atoms with E-state index in [4.69, 9.17) is 11.6 Å². The summed E-state index contributed by atoms with van der Waals surface area (Å²) in [7, 11) is 0. The molecule has 1 aromatic carbocycles. The maximum absolute atomic E-state index is 12.0. The van der Waals surface area contributed by atoms with Crippen LogP contribution in [0.3, 0.4) is 0 Å². The highest BCUT2D eigenvalue weighted by Gasteiger charge is 2.32. The molecule has 2 rings (SSSR count). The molecule has 0 spiro atoms. The minimum atomic E-state index is -0.476. The van der Waals surface area contributed by atoms with Crippen molar-refractivity contribution in [1.82, 2.24) is 10.6 Å². The fourth-order valence-electron chi connectivity index (χ4n) is 2.04. The maximum Gasteiger partial charge on any atom is 0.268 e. The van der Waals surface area contributed by atoms with E-state index in [0.717, 1.165) is 6.42 Å². The molecule has 0 saturated carbocycles. The van der Waals surface area contributed by atoms with Crippen molar-refractivity contribution >= 4 is 29.5 Å². The van der Waals surface area contributed by atoms with Gasteiger partial charge in [0.05, 0.1) is 0 Å². The smallest absolute Gasteiger partial charge is 0.268 e. The van der Waals surface area contributed by atoms with Crippen molar-refractivity contribution in [2.45, 2.75) is 26.3 Å². The fourth-order valence-corrected chi connectivity index (χ4v) is 2.23. The van der Waals surface area contributed by atoms with Crippen molar-refractivity contribution in [1.29, 1.82) is 0 Å². The van der Waals surface area contributed by atoms with Gasteiger partial charge in [-0.3, -0.25) is 9.59 Å². The number of carbonyl (C=O) groups excluding carboxylic acids is 2. The van der Waals surface area contributed by atoms with Crippen molar-refractivity contribution < 1.29 is 9.59 Å². The van der Waals surface area contributed by atoms with Crippen molar-refractivity contribution in [2.24, 2.45) is 5.92 Å². The Morgan fingerprint density at radius 2 is 2.05 bits per heavy atom. The molecule has 4 nitrogen and oxygen atoms in total. The van der Waals surface area contributed by atoms with Gasteiger partial charge in [0, 0.05) is 5.02 Å². The van der Waals surface area contributed by atoms with E-state index in [9.17, 15) is 9.59 Å². The molecule has 5 heteroatoms. The SMILES string of the molecule is CCC(C)[C@@H]1NC(=O)C(=Cc2ccccc2Cl)NC1=O. The summed E-state index contributed by atoms with van der Waals surface area (Å²) in [5, 5.41) is 5.94. The van der Waals surface area contributed by atoms with E-state index in [1.54, 1.807) is 18.2 Å². The number of hydrogen-bond donors (Lipinski definition) is 2. The normalized spacial score (nSPS) is 22.4. The zero-order chi connectivity index (χ0) is 14.7. The predicted molar refractivity (Wildman–Crippen MR) is 79.0 cm³/mol. The third-order valence-corrected chi connectivity index (χ3v) is 3.83. The quantitative estimate of drug-likeness (QED) is 0.840. The van der Waals surface area contributed by atoms with Gasteiger partial charge in [-0.2, -0.15) is 0 Å². The van der Waals surface area contributed by atoms with E-state index in [0.29, 0.717) is 10.6 Å². The van der Waals surface area contributed by atoms with Gasteiger partial charge in [-0.15, -0.1) is 0 Å². The predicted octanol–water partition coefficient (Wildman–Crippen LogP) is 2.34. The van der Waals surface area contributed by atoms with Gasteiger partial charge in [0.15, 0.2) is 0 Å². The van der Waals surface area contributed by atoms with E-state index in [1.807, 2.05) is 26.0 Å². The van der Waals surface area contributed by atoms with Crippen LogP contribution in [0.4, 0.5) is 0 Å². The average Bonchev–Trinajstić information content (AvgIpc) is 2.44. The van der Waals surface area contributed by atoms with Crippen molar-refractivity contribution in [3.05, 3.63) is 40.5 Å². The zero-order valence-electron chi connectivity index (χ0n) is 11.4. The molecular weight excluding hydrogens is 276 g/mol. The Morgan fingerprint density at radius 3 is 2.70 bits per heavy atom. The summed E-state index contributed by atoms with van der Waals surface area (Å²) in [6.45, 7) is 3.92. The molecule has 2 amide bonds. The molecule has 2 atom stereocenters. The molecule has 1 aliphatic heterocycles. The zero-order valence-corrected chi connectivity index (χ0v) is 12.2. The molecule has 0 aliphatic carbocycles. The van der Waals surface area contributed by atoms with Crippen molar-refractivity contribution in [3.63, 3.8) is 0 Å². The minimum absolute atomic E-state index is 0.0980. The van der Waals surface area contributed by atoms with E-state index < -0.39 is 6.04 Å². The summed E-state index contributed by atoms with van der Waals surface area (Å²) in [4.78, 5) is 24.1. The Morgan fingerprint density at radius 1 is 1.35 bits per heavy atom. The summed E-state index contributed by atoms with van der Waals surface area (Å²) in [5.74, 6) is -0.368. The Kier molecular flexibility index (Phi) is 4.45. The second kappa shape index (κ2) is 6.09. The van der Waals surface area contributed by atoms with Gasteiger partial charge >= 0.3 is 0 Å². The third kappa shape index (κ3) is 3.02. The molecule has 0 radical (unpaired) electrons. The Labute approximate surface area is 123 Å². The van der Waals surface area contributed by atoms with Gasteiger partial charge in [0.1, 0.15) is 11.7 Å². The molecule has 106 valence electrons. The second-order valence-corrected chi connectivity index (χ2v) is 5.31. The lowest BCUT2D eigenvalue weighted by atomic mass is 9.96. The van der Waals surface area contributed by atoms with Crippen LogP contribution in [-0.2, 0) is 9.59 Å². The summed E-state index contributed by atoms with van der Waals surface area (Å²) < 4.78 is 0. The standard InChI is InChI=1S/C15H17ClN2O2/c1-3-9(2)13-15(20)17-12(14(19)18-13)8-10-6-4-5-7-11(10)16/h4-9,13H,3H2,1-2H3,(H,17,20)(H,18,19)/t9?,13-/m0/s1. The molecule has 0 bridgehead atoms. The van der Waals surface area contributed by atoms with E-state index in [-0.39, 0.29) is 23.4 Å². The molecule has 0 aromatic heterocycles. The second-order valence-electron chi connectivity index (χ2n) is 4.91. The molecule has 1 aromatic rings. The van der Waals surface area contributed by atoms with Gasteiger partial charge in [-0.05, 0) is 23.6 Å². The van der Waals surface area contributed by atoms with Gasteiger partial charge in [0.25, 0.3) is 5.91 Å². The lowest BCUT2D eigenvalue weighted by Crippen LogP contribution is -2.57. The lowest BCUT2D eigenvalue weighted by Gasteiger charge is -2.28. The van der Waals surface area contributed by atoms with Gasteiger partial charge in [-0.25, -0.2) is 0 Å². The molecule has 1 heterocycles. The first kappa shape index (κ1) is 14.6. The minimum Gasteiger partial charge on any atom is -0.339 e. The summed E-state index contributed by atoms with van der Waals surface area (Å²) in [6, 6.07) is 6.68. The first-order chi connectivity index (χ1) is 9.52. The third-order valence-electron chi connectivity index (χ3n) is 3.49. The summed E-state index contributed by atoms with van der Waals surface area (Å²) in [5.41, 5.74) is 0.921. The van der Waals surface area contributed by atoms with Crippen LogP contribution in [0, 0.1) is 5.92 Å². The van der Waals surface area contributed by atoms with E-state index in [2.05, 4.69) is 10.6 Å². The Bertz CT molecular complexity index is 569. The highest BCUT2D eigenvalue weighted by molar-refractivity contribution is 6.32. The van der Waals surface area contributed by atoms with Crippen LogP contribution in [0.15, 0.2) is 30.0 Å². The monoisotopic (exact) mass is 292 g/mol. The molecule has 1 saturated heterocycles. The molecular formula is C15H17ClN2O2. The lowest BCUT2D eigenvalue weighted by molar-refractivity contribution is -0.132. The average molecular weight is 293 g/mol. The van der Waals surface area contributed by atoms with Crippen LogP contribution in [-0.4, -0.2) is 17.9 Å². The fraction of sp³-hybridized carbons (Fsp3) is 0.333. The molecule has 1 unspecified atom stereocenters. The Balaban J connectivity index is 2.23. The number of rotatable bonds is 3. The van der Waals surface area contributed by atoms with Crippen LogP contribution in [0.1, 0.15) is 25.8 Å². The van der Waals surface area contributed by atoms with Crippen molar-refractivity contribution in [3.8, 4) is 0 Å². The first-order valence-electron chi connectivity index (χ1n) is 6.61. The number of piperazine rings is 1. The van der Waals surface area contributed by atoms with Crippen molar-refractivity contribution in [2.75, 3.05) is 0 Å². The van der Waals surface area contributed by atoms with Crippen LogP contribution >= 0.6 is 11.6 Å². The highest BCUT2D eigenvalue weighted by Crippen LogP contribution is 2.19. The number of halogens is 1. The summed E-state index contributed by atoms with van der Waals surface area (Å²) in [6.07, 6.45) is 2.41. The number of nitrogens with one attached hydrogen (secondary N) is 2. The highest BCUT2D eigenvalue weighted by atomic mass is 35.5. The molecule has 1 aliphatic rings. The van der Waals surface area contributed by atoms with Crippen LogP contribution in [0.5, 0.6) is 0 Å². The van der Waals surface area contributed by atoms with Crippen LogP contribution in [0.2, 0.25) is 5.02 Å². The number of benzene rings is 1. The van der Waals surface area contributed by atoms with Gasteiger partial charge in [-0.1, -0.05) is 50.1 Å².